The molecule has 0 aromatic heterocycles. The monoisotopic (exact) mass is 373 g/mol. The molecule has 5 nitrogen and oxygen atoms in total. The molecule has 0 amide bonds. The van der Waals surface area contributed by atoms with Crippen molar-refractivity contribution in [1.82, 2.24) is 0 Å². The van der Waals surface area contributed by atoms with Crippen LogP contribution in [-0.4, -0.2) is 38.0 Å². The average molecular weight is 373 g/mol. The van der Waals surface area contributed by atoms with E-state index in [4.69, 9.17) is 25.2 Å². The van der Waals surface area contributed by atoms with Gasteiger partial charge in [-0.1, -0.05) is 6.07 Å². The summed E-state index contributed by atoms with van der Waals surface area (Å²) >= 11 is 0. The van der Waals surface area contributed by atoms with E-state index in [0.29, 0.717) is 25.0 Å². The van der Waals surface area contributed by atoms with Crippen LogP contribution in [-0.2, 0) is 16.8 Å². The highest BCUT2D eigenvalue weighted by Crippen LogP contribution is 2.62. The van der Waals surface area contributed by atoms with Crippen molar-refractivity contribution in [2.75, 3.05) is 20.4 Å². The number of rotatable bonds is 5. The standard InChI is InChI=1S/C21H28FN3O2/c1-14-19(23)25-21(24-14)18-12-17(27-11-3-10-22)5-4-15(18)13-20(21)8-6-16(26-2)7-9-20/h4-5,12,16H,3,6-11,13H2,1-2H3,(H2,23,25). The van der Waals surface area contributed by atoms with E-state index >= 15 is 0 Å². The van der Waals surface area contributed by atoms with Crippen LogP contribution in [0.3, 0.4) is 0 Å². The van der Waals surface area contributed by atoms with E-state index in [1.54, 1.807) is 7.11 Å². The highest BCUT2D eigenvalue weighted by Gasteiger charge is 2.60. The number of nitrogens with zero attached hydrogens (tertiary/aromatic N) is 2. The molecular weight excluding hydrogens is 345 g/mol. The molecule has 27 heavy (non-hydrogen) atoms. The number of alkyl halides is 1. The summed E-state index contributed by atoms with van der Waals surface area (Å²) in [5, 5.41) is 0. The number of methoxy groups -OCH3 is 1. The third kappa shape index (κ3) is 2.85. The zero-order chi connectivity index (χ0) is 19.1. The molecule has 146 valence electrons. The molecule has 1 saturated carbocycles. The molecular formula is C21H28FN3O2. The van der Waals surface area contributed by atoms with Gasteiger partial charge in [-0.3, -0.25) is 9.38 Å². The Morgan fingerprint density at radius 1 is 1.26 bits per heavy atom. The summed E-state index contributed by atoms with van der Waals surface area (Å²) in [5.74, 6) is 1.28. The molecule has 0 radical (unpaired) electrons. The first-order valence-electron chi connectivity index (χ1n) is 9.81. The molecule has 0 saturated heterocycles. The van der Waals surface area contributed by atoms with Gasteiger partial charge in [0.05, 0.1) is 25.1 Å². The second-order valence-corrected chi connectivity index (χ2v) is 7.97. The molecule has 1 heterocycles. The Labute approximate surface area is 159 Å². The number of fused-ring (bicyclic) bond motifs is 3. The van der Waals surface area contributed by atoms with E-state index in [9.17, 15) is 4.39 Å². The lowest BCUT2D eigenvalue weighted by molar-refractivity contribution is -0.000401. The van der Waals surface area contributed by atoms with Gasteiger partial charge in [-0.2, -0.15) is 0 Å². The van der Waals surface area contributed by atoms with Crippen LogP contribution in [0.15, 0.2) is 28.2 Å². The van der Waals surface area contributed by atoms with Crippen molar-refractivity contribution in [3.05, 3.63) is 29.3 Å². The summed E-state index contributed by atoms with van der Waals surface area (Å²) in [6.07, 6.45) is 5.68. The van der Waals surface area contributed by atoms with Gasteiger partial charge in [0.25, 0.3) is 0 Å². The summed E-state index contributed by atoms with van der Waals surface area (Å²) in [6.45, 7) is 1.93. The number of aliphatic imine (C=N–C) groups is 2. The van der Waals surface area contributed by atoms with Crippen LogP contribution >= 0.6 is 0 Å². The van der Waals surface area contributed by atoms with E-state index in [2.05, 4.69) is 6.07 Å². The number of hydrogen-bond donors (Lipinski definition) is 1. The molecule has 1 aromatic carbocycles. The smallest absolute Gasteiger partial charge is 0.184 e. The van der Waals surface area contributed by atoms with Gasteiger partial charge in [-0.25, -0.2) is 4.99 Å². The zero-order valence-electron chi connectivity index (χ0n) is 16.1. The first-order chi connectivity index (χ1) is 13.0. The number of benzene rings is 1. The molecule has 6 heteroatoms. The Kier molecular flexibility index (Phi) is 4.70. The first-order valence-corrected chi connectivity index (χ1v) is 9.81. The second-order valence-electron chi connectivity index (χ2n) is 7.97. The Morgan fingerprint density at radius 3 is 2.67 bits per heavy atom. The summed E-state index contributed by atoms with van der Waals surface area (Å²) < 4.78 is 23.7. The van der Waals surface area contributed by atoms with Gasteiger partial charge in [0, 0.05) is 24.5 Å². The minimum absolute atomic E-state index is 0.0652. The molecule has 3 aliphatic rings. The minimum Gasteiger partial charge on any atom is -0.493 e. The van der Waals surface area contributed by atoms with Crippen molar-refractivity contribution in [2.45, 2.75) is 57.2 Å². The van der Waals surface area contributed by atoms with Crippen LogP contribution in [0.1, 0.15) is 50.2 Å². The minimum atomic E-state index is -0.658. The Hall–Kier alpha value is -1.95. The predicted molar refractivity (Wildman–Crippen MR) is 104 cm³/mol. The molecule has 2 aliphatic carbocycles. The Balaban J connectivity index is 1.74. The molecule has 1 fully saturated rings. The molecule has 0 bridgehead atoms. The third-order valence-electron chi connectivity index (χ3n) is 6.48. The third-order valence-corrected chi connectivity index (χ3v) is 6.48. The SMILES string of the molecule is COC1CCC2(CC1)Cc1ccc(OCCCF)cc1C21N=C(C)C(N)=N1. The van der Waals surface area contributed by atoms with Crippen LogP contribution in [0.2, 0.25) is 0 Å². The van der Waals surface area contributed by atoms with Crippen LogP contribution in [0.25, 0.3) is 0 Å². The molecule has 2 spiro atoms. The largest absolute Gasteiger partial charge is 0.493 e. The summed E-state index contributed by atoms with van der Waals surface area (Å²) in [6, 6.07) is 6.14. The average Bonchev–Trinajstić information content (AvgIpc) is 3.11. The maximum absolute atomic E-state index is 12.4. The zero-order valence-corrected chi connectivity index (χ0v) is 16.1. The molecule has 1 atom stereocenters. The normalized spacial score (nSPS) is 31.9. The van der Waals surface area contributed by atoms with Crippen molar-refractivity contribution >= 4 is 11.5 Å². The van der Waals surface area contributed by atoms with Crippen LogP contribution < -0.4 is 10.5 Å². The van der Waals surface area contributed by atoms with Gasteiger partial charge >= 0.3 is 0 Å². The summed E-state index contributed by atoms with van der Waals surface area (Å²) in [7, 11) is 1.79. The van der Waals surface area contributed by atoms with Crippen molar-refractivity contribution in [3.8, 4) is 5.75 Å². The number of amidine groups is 1. The Bertz CT molecular complexity index is 764. The van der Waals surface area contributed by atoms with E-state index in [1.165, 1.54) is 5.56 Å². The van der Waals surface area contributed by atoms with Gasteiger partial charge in [-0.05, 0) is 56.7 Å². The highest BCUT2D eigenvalue weighted by atomic mass is 19.1. The first kappa shape index (κ1) is 18.4. The van der Waals surface area contributed by atoms with Crippen LogP contribution in [0.5, 0.6) is 5.75 Å². The van der Waals surface area contributed by atoms with E-state index in [-0.39, 0.29) is 12.1 Å². The van der Waals surface area contributed by atoms with E-state index in [0.717, 1.165) is 49.1 Å². The van der Waals surface area contributed by atoms with Crippen LogP contribution in [0, 0.1) is 5.41 Å². The van der Waals surface area contributed by atoms with Gasteiger partial charge in [0.1, 0.15) is 11.6 Å². The molecule has 1 aliphatic heterocycles. The van der Waals surface area contributed by atoms with E-state index < -0.39 is 5.66 Å². The van der Waals surface area contributed by atoms with Gasteiger partial charge in [0.2, 0.25) is 0 Å². The summed E-state index contributed by atoms with van der Waals surface area (Å²) in [4.78, 5) is 9.98. The van der Waals surface area contributed by atoms with Gasteiger partial charge < -0.3 is 15.2 Å². The fraction of sp³-hybridized carbons (Fsp3) is 0.619. The maximum atomic E-state index is 12.4. The molecule has 2 N–H and O–H groups in total. The predicted octanol–water partition coefficient (Wildman–Crippen LogP) is 3.54. The number of ether oxygens (including phenoxy) is 2. The van der Waals surface area contributed by atoms with Crippen molar-refractivity contribution in [3.63, 3.8) is 0 Å². The quantitative estimate of drug-likeness (QED) is 0.803. The van der Waals surface area contributed by atoms with E-state index in [1.807, 2.05) is 19.1 Å². The lowest BCUT2D eigenvalue weighted by Crippen LogP contribution is -2.43. The molecule has 4 rings (SSSR count). The fourth-order valence-corrected chi connectivity index (χ4v) is 4.98. The van der Waals surface area contributed by atoms with Crippen molar-refractivity contribution in [2.24, 2.45) is 21.1 Å². The topological polar surface area (TPSA) is 69.2 Å². The van der Waals surface area contributed by atoms with Crippen LogP contribution in [0.4, 0.5) is 4.39 Å². The van der Waals surface area contributed by atoms with Crippen molar-refractivity contribution < 1.29 is 13.9 Å². The van der Waals surface area contributed by atoms with Crippen molar-refractivity contribution in [1.29, 1.82) is 0 Å². The number of halogens is 1. The highest BCUT2D eigenvalue weighted by molar-refractivity contribution is 6.41. The molecule has 1 aromatic rings. The second kappa shape index (κ2) is 6.89. The number of hydrogen-bond acceptors (Lipinski definition) is 5. The lowest BCUT2D eigenvalue weighted by atomic mass is 9.65. The fourth-order valence-electron chi connectivity index (χ4n) is 4.98. The Morgan fingerprint density at radius 2 is 2.04 bits per heavy atom. The van der Waals surface area contributed by atoms with Gasteiger partial charge in [0.15, 0.2) is 5.66 Å². The summed E-state index contributed by atoms with van der Waals surface area (Å²) in [5.41, 5.74) is 8.63. The van der Waals surface area contributed by atoms with Gasteiger partial charge in [-0.15, -0.1) is 0 Å². The maximum Gasteiger partial charge on any atom is 0.184 e. The number of nitrogens with two attached hydrogens (primary N) is 1. The molecule has 1 unspecified atom stereocenters. The lowest BCUT2D eigenvalue weighted by Gasteiger charge is -2.44.